The molecule has 4 aromatic rings. The van der Waals surface area contributed by atoms with E-state index >= 15 is 0 Å². The summed E-state index contributed by atoms with van der Waals surface area (Å²) in [5, 5.41) is 17.9. The second-order valence-corrected chi connectivity index (χ2v) is 9.71. The Morgan fingerprint density at radius 3 is 2.92 bits per heavy atom. The van der Waals surface area contributed by atoms with Gasteiger partial charge in [0.1, 0.15) is 15.5 Å². The van der Waals surface area contributed by atoms with Crippen molar-refractivity contribution in [3.63, 3.8) is 0 Å². The third-order valence-electron chi connectivity index (χ3n) is 6.26. The fourth-order valence-corrected chi connectivity index (χ4v) is 5.64. The summed E-state index contributed by atoms with van der Waals surface area (Å²) in [6.45, 7) is 3.61. The number of benzene rings is 1. The van der Waals surface area contributed by atoms with Crippen molar-refractivity contribution in [2.75, 3.05) is 23.3 Å². The minimum absolute atomic E-state index is 0.0668. The molecule has 0 radical (unpaired) electrons. The van der Waals surface area contributed by atoms with Crippen LogP contribution in [0.4, 0.5) is 21.9 Å². The summed E-state index contributed by atoms with van der Waals surface area (Å²) in [6.07, 6.45) is 5.19. The maximum atomic E-state index is 13.4. The molecule has 6 rings (SSSR count). The second kappa shape index (κ2) is 9.17. The van der Waals surface area contributed by atoms with E-state index in [0.29, 0.717) is 38.4 Å². The third-order valence-corrected chi connectivity index (χ3v) is 7.36. The molecule has 10 nitrogen and oxygen atoms in total. The van der Waals surface area contributed by atoms with Gasteiger partial charge in [0.15, 0.2) is 0 Å². The zero-order valence-corrected chi connectivity index (χ0v) is 20.3. The molecule has 11 heteroatoms. The molecule has 0 bridgehead atoms. The summed E-state index contributed by atoms with van der Waals surface area (Å²) < 4.78 is 5.78. The Kier molecular flexibility index (Phi) is 5.70. The molecule has 1 atom stereocenters. The largest absolute Gasteiger partial charge is 0.438 e. The average molecular weight is 502 g/mol. The lowest BCUT2D eigenvalue weighted by molar-refractivity contribution is 0.0935. The van der Waals surface area contributed by atoms with Crippen LogP contribution in [0.1, 0.15) is 28.1 Å². The summed E-state index contributed by atoms with van der Waals surface area (Å²) in [7, 11) is 0. The van der Waals surface area contributed by atoms with Crippen LogP contribution in [0.25, 0.3) is 10.2 Å². The van der Waals surface area contributed by atoms with Crippen molar-refractivity contribution in [1.29, 1.82) is 0 Å². The van der Waals surface area contributed by atoms with Crippen LogP contribution >= 0.6 is 11.3 Å². The number of nitrogens with one attached hydrogen (secondary N) is 3. The standard InChI is InChI=1S/C25H23N7O3S/c1-14-12-16(35-19-5-3-10-28-31-19)6-7-17(14)32-18-8-11-27-24-20(18)21(30-25(32)34)22(36-24)23(33)29-15-4-2-9-26-13-15/h3,5-8,10-12,15,26H,2,4,9,13H2,1H3,(H,29,33)(H,30,34). The molecule has 3 aromatic heterocycles. The Morgan fingerprint density at radius 1 is 1.22 bits per heavy atom. The summed E-state index contributed by atoms with van der Waals surface area (Å²) in [5.74, 6) is 0.776. The molecular formula is C25H23N7O3S. The molecule has 1 fully saturated rings. The maximum absolute atomic E-state index is 13.4. The number of carbonyl (C=O) groups excluding carboxylic acids is 2. The predicted molar refractivity (Wildman–Crippen MR) is 137 cm³/mol. The first-order chi connectivity index (χ1) is 17.6. The number of anilines is 3. The van der Waals surface area contributed by atoms with Crippen molar-refractivity contribution in [2.24, 2.45) is 0 Å². The fourth-order valence-electron chi connectivity index (χ4n) is 4.61. The number of aryl methyl sites for hydroxylation is 1. The SMILES string of the molecule is Cc1cc(Oc2cccnn2)ccc1N1C(=O)Nc2c(C(=O)NC3CCCNC3)sc3nccc1c23. The van der Waals surface area contributed by atoms with Crippen LogP contribution in [0.3, 0.4) is 0 Å². The quantitative estimate of drug-likeness (QED) is 0.372. The van der Waals surface area contributed by atoms with E-state index in [1.807, 2.05) is 19.1 Å². The molecule has 3 N–H and O–H groups in total. The maximum Gasteiger partial charge on any atom is 0.331 e. The zero-order valence-electron chi connectivity index (χ0n) is 19.4. The molecule has 36 heavy (non-hydrogen) atoms. The van der Waals surface area contributed by atoms with Crippen LogP contribution in [0.15, 0.2) is 48.8 Å². The third kappa shape index (κ3) is 4.01. The number of ether oxygens (including phenoxy) is 1. The number of thiophene rings is 1. The number of urea groups is 1. The molecule has 1 unspecified atom stereocenters. The van der Waals surface area contributed by atoms with E-state index in [4.69, 9.17) is 4.74 Å². The van der Waals surface area contributed by atoms with Gasteiger partial charge < -0.3 is 20.7 Å². The first kappa shape index (κ1) is 22.4. The molecule has 182 valence electrons. The van der Waals surface area contributed by atoms with E-state index in [0.717, 1.165) is 36.9 Å². The van der Waals surface area contributed by atoms with Gasteiger partial charge in [-0.2, -0.15) is 5.10 Å². The Morgan fingerprint density at radius 2 is 2.14 bits per heavy atom. The highest BCUT2D eigenvalue weighted by atomic mass is 32.1. The Labute approximate surface area is 210 Å². The Balaban J connectivity index is 1.34. The number of rotatable bonds is 5. The van der Waals surface area contributed by atoms with Gasteiger partial charge in [-0.15, -0.1) is 16.4 Å². The smallest absolute Gasteiger partial charge is 0.331 e. The lowest BCUT2D eigenvalue weighted by atomic mass is 10.1. The van der Waals surface area contributed by atoms with Gasteiger partial charge >= 0.3 is 6.03 Å². The first-order valence-electron chi connectivity index (χ1n) is 11.7. The van der Waals surface area contributed by atoms with E-state index in [1.54, 1.807) is 41.6 Å². The molecule has 1 saturated heterocycles. The van der Waals surface area contributed by atoms with Gasteiger partial charge in [0.2, 0.25) is 5.88 Å². The molecular weight excluding hydrogens is 478 g/mol. The number of hydrogen-bond acceptors (Lipinski definition) is 8. The second-order valence-electron chi connectivity index (χ2n) is 8.71. The lowest BCUT2D eigenvalue weighted by Gasteiger charge is -2.29. The summed E-state index contributed by atoms with van der Waals surface area (Å²) in [5.41, 5.74) is 2.72. The van der Waals surface area contributed by atoms with E-state index in [2.05, 4.69) is 31.1 Å². The van der Waals surface area contributed by atoms with Gasteiger partial charge in [-0.25, -0.2) is 9.78 Å². The highest BCUT2D eigenvalue weighted by molar-refractivity contribution is 7.21. The Bertz CT molecular complexity index is 1470. The summed E-state index contributed by atoms with van der Waals surface area (Å²) >= 11 is 1.29. The molecule has 2 aliphatic rings. The van der Waals surface area contributed by atoms with Crippen molar-refractivity contribution < 1.29 is 14.3 Å². The van der Waals surface area contributed by atoms with Gasteiger partial charge in [0, 0.05) is 31.0 Å². The Hall–Kier alpha value is -4.09. The monoisotopic (exact) mass is 501 g/mol. The molecule has 0 saturated carbocycles. The highest BCUT2D eigenvalue weighted by Gasteiger charge is 2.33. The predicted octanol–water partition coefficient (Wildman–Crippen LogP) is 4.35. The van der Waals surface area contributed by atoms with Crippen LogP contribution in [0.5, 0.6) is 11.6 Å². The molecule has 0 aliphatic carbocycles. The number of aromatic nitrogens is 3. The van der Waals surface area contributed by atoms with Gasteiger partial charge in [0.25, 0.3) is 5.91 Å². The normalized spacial score (nSPS) is 17.1. The van der Waals surface area contributed by atoms with Crippen molar-refractivity contribution in [3.05, 3.63) is 59.2 Å². The first-order valence-corrected chi connectivity index (χ1v) is 12.5. The number of carbonyl (C=O) groups is 2. The molecule has 5 heterocycles. The number of piperidine rings is 1. The van der Waals surface area contributed by atoms with Gasteiger partial charge in [-0.05, 0) is 62.2 Å². The van der Waals surface area contributed by atoms with Crippen molar-refractivity contribution in [1.82, 2.24) is 25.8 Å². The summed E-state index contributed by atoms with van der Waals surface area (Å²) in [4.78, 5) is 33.8. The van der Waals surface area contributed by atoms with E-state index in [9.17, 15) is 9.59 Å². The number of hydrogen-bond donors (Lipinski definition) is 3. The number of amides is 3. The number of pyridine rings is 1. The highest BCUT2D eigenvalue weighted by Crippen LogP contribution is 2.46. The molecule has 2 aliphatic heterocycles. The van der Waals surface area contributed by atoms with Gasteiger partial charge in [-0.1, -0.05) is 0 Å². The van der Waals surface area contributed by atoms with Crippen molar-refractivity contribution in [2.45, 2.75) is 25.8 Å². The van der Waals surface area contributed by atoms with Gasteiger partial charge in [0.05, 0.1) is 22.4 Å². The van der Waals surface area contributed by atoms with E-state index < -0.39 is 0 Å². The van der Waals surface area contributed by atoms with Crippen molar-refractivity contribution >= 4 is 50.6 Å². The van der Waals surface area contributed by atoms with E-state index in [-0.39, 0.29) is 18.0 Å². The molecule has 0 spiro atoms. The minimum atomic E-state index is -0.340. The van der Waals surface area contributed by atoms with Crippen LogP contribution < -0.4 is 25.6 Å². The summed E-state index contributed by atoms with van der Waals surface area (Å²) in [6, 6.07) is 10.4. The minimum Gasteiger partial charge on any atom is -0.438 e. The van der Waals surface area contributed by atoms with Crippen LogP contribution in [0, 0.1) is 6.92 Å². The zero-order chi connectivity index (χ0) is 24.6. The average Bonchev–Trinajstić information content (AvgIpc) is 3.26. The van der Waals surface area contributed by atoms with Gasteiger partial charge in [-0.3, -0.25) is 9.69 Å². The molecule has 1 aromatic carbocycles. The van der Waals surface area contributed by atoms with Crippen molar-refractivity contribution in [3.8, 4) is 11.6 Å². The molecule has 3 amide bonds. The van der Waals surface area contributed by atoms with E-state index in [1.165, 1.54) is 11.3 Å². The lowest BCUT2D eigenvalue weighted by Crippen LogP contribution is -2.45. The number of nitrogens with zero attached hydrogens (tertiary/aromatic N) is 4. The van der Waals surface area contributed by atoms with Crippen LogP contribution in [-0.2, 0) is 0 Å². The topological polar surface area (TPSA) is 121 Å². The van der Waals surface area contributed by atoms with Crippen LogP contribution in [-0.4, -0.2) is 46.3 Å². The fraction of sp³-hybridized carbons (Fsp3) is 0.240. The van der Waals surface area contributed by atoms with Crippen LogP contribution in [0.2, 0.25) is 0 Å².